The molecule has 23 heavy (non-hydrogen) atoms. The van der Waals surface area contributed by atoms with Gasteiger partial charge >= 0.3 is 6.09 Å². The maximum absolute atomic E-state index is 12.8. The van der Waals surface area contributed by atoms with Crippen LogP contribution in [-0.2, 0) is 14.3 Å². The van der Waals surface area contributed by atoms with Crippen molar-refractivity contribution in [2.45, 2.75) is 71.6 Å². The summed E-state index contributed by atoms with van der Waals surface area (Å²) in [7, 11) is 0. The van der Waals surface area contributed by atoms with E-state index < -0.39 is 29.7 Å². The Balaban J connectivity index is 2.87. The lowest BCUT2D eigenvalue weighted by molar-refractivity contribution is -0.140. The molecule has 0 bridgehead atoms. The van der Waals surface area contributed by atoms with Crippen molar-refractivity contribution >= 4 is 17.9 Å². The normalized spacial score (nSPS) is 20.7. The summed E-state index contributed by atoms with van der Waals surface area (Å²) in [6.07, 6.45) is 1.38. The fraction of sp³-hybridized carbons (Fsp3) is 0.812. The highest BCUT2D eigenvalue weighted by molar-refractivity contribution is 5.91. The number of carbonyl (C=O) groups excluding carboxylic acids is 3. The van der Waals surface area contributed by atoms with Crippen molar-refractivity contribution in [3.05, 3.63) is 0 Å². The van der Waals surface area contributed by atoms with Crippen LogP contribution < -0.4 is 11.1 Å². The van der Waals surface area contributed by atoms with E-state index in [9.17, 15) is 14.4 Å². The highest BCUT2D eigenvalue weighted by atomic mass is 16.6. The average Bonchev–Trinajstić information content (AvgIpc) is 2.90. The minimum Gasteiger partial charge on any atom is -0.444 e. The van der Waals surface area contributed by atoms with Crippen LogP contribution in [0, 0.1) is 5.92 Å². The van der Waals surface area contributed by atoms with Gasteiger partial charge in [0.05, 0.1) is 0 Å². The number of likely N-dealkylation sites (tertiary alicyclic amines) is 1. The van der Waals surface area contributed by atoms with E-state index in [0.29, 0.717) is 19.4 Å². The molecule has 0 aromatic carbocycles. The Bertz CT molecular complexity index is 459. The van der Waals surface area contributed by atoms with Gasteiger partial charge in [0.25, 0.3) is 0 Å². The van der Waals surface area contributed by atoms with Crippen molar-refractivity contribution in [3.63, 3.8) is 0 Å². The van der Waals surface area contributed by atoms with Gasteiger partial charge in [0, 0.05) is 6.54 Å². The SMILES string of the molecule is CC[C@H](C)[C@H](NC(=O)OC(C)(C)C)C(=O)N1CCC[C@@H]1C(N)=O. The summed E-state index contributed by atoms with van der Waals surface area (Å²) in [6, 6.07) is -1.32. The number of primary amides is 1. The molecule has 1 aliphatic heterocycles. The van der Waals surface area contributed by atoms with E-state index in [-0.39, 0.29) is 11.8 Å². The van der Waals surface area contributed by atoms with Crippen molar-refractivity contribution in [2.24, 2.45) is 11.7 Å². The van der Waals surface area contributed by atoms with Crippen LogP contribution in [0.2, 0.25) is 0 Å². The molecule has 3 amide bonds. The predicted molar refractivity (Wildman–Crippen MR) is 86.5 cm³/mol. The van der Waals surface area contributed by atoms with E-state index in [4.69, 9.17) is 10.5 Å². The monoisotopic (exact) mass is 327 g/mol. The second kappa shape index (κ2) is 7.66. The Kier molecular flexibility index (Phi) is 6.41. The second-order valence-corrected chi connectivity index (χ2v) is 7.10. The van der Waals surface area contributed by atoms with Crippen molar-refractivity contribution < 1.29 is 19.1 Å². The van der Waals surface area contributed by atoms with Crippen molar-refractivity contribution in [3.8, 4) is 0 Å². The van der Waals surface area contributed by atoms with Crippen LogP contribution in [0.15, 0.2) is 0 Å². The summed E-state index contributed by atoms with van der Waals surface area (Å²) in [5, 5.41) is 2.66. The molecule has 1 rings (SSSR count). The molecule has 0 aromatic heterocycles. The van der Waals surface area contributed by atoms with E-state index in [1.807, 2.05) is 13.8 Å². The fourth-order valence-corrected chi connectivity index (χ4v) is 2.62. The van der Waals surface area contributed by atoms with Crippen molar-refractivity contribution in [1.29, 1.82) is 0 Å². The summed E-state index contributed by atoms with van der Waals surface area (Å²) >= 11 is 0. The third kappa shape index (κ3) is 5.41. The lowest BCUT2D eigenvalue weighted by Gasteiger charge is -2.31. The number of amides is 3. The van der Waals surface area contributed by atoms with Crippen LogP contribution in [-0.4, -0.2) is 47.0 Å². The van der Waals surface area contributed by atoms with Gasteiger partial charge in [0.15, 0.2) is 0 Å². The minimum atomic E-state index is -0.727. The Morgan fingerprint density at radius 2 is 1.96 bits per heavy atom. The van der Waals surface area contributed by atoms with E-state index in [0.717, 1.165) is 6.42 Å². The fourth-order valence-electron chi connectivity index (χ4n) is 2.62. The standard InChI is InChI=1S/C16H29N3O4/c1-6-10(2)12(18-15(22)23-16(3,4)5)14(21)19-9-7-8-11(19)13(17)20/h10-12H,6-9H2,1-5H3,(H2,17,20)(H,18,22)/t10-,11+,12-/m0/s1. The third-order valence-electron chi connectivity index (χ3n) is 4.02. The zero-order valence-electron chi connectivity index (χ0n) is 14.7. The zero-order chi connectivity index (χ0) is 17.8. The molecule has 0 spiro atoms. The Labute approximate surface area is 137 Å². The topological polar surface area (TPSA) is 102 Å². The molecule has 1 heterocycles. The lowest BCUT2D eigenvalue weighted by Crippen LogP contribution is -2.55. The summed E-state index contributed by atoms with van der Waals surface area (Å²) < 4.78 is 5.24. The van der Waals surface area contributed by atoms with E-state index in [2.05, 4.69) is 5.32 Å². The minimum absolute atomic E-state index is 0.0795. The Morgan fingerprint density at radius 1 is 1.35 bits per heavy atom. The van der Waals surface area contributed by atoms with Gasteiger partial charge in [0.1, 0.15) is 17.7 Å². The van der Waals surface area contributed by atoms with Crippen LogP contribution >= 0.6 is 0 Å². The molecule has 0 saturated carbocycles. The van der Waals surface area contributed by atoms with Gasteiger partial charge in [0.2, 0.25) is 11.8 Å². The highest BCUT2D eigenvalue weighted by Gasteiger charge is 2.38. The molecular weight excluding hydrogens is 298 g/mol. The van der Waals surface area contributed by atoms with E-state index >= 15 is 0 Å². The summed E-state index contributed by atoms with van der Waals surface area (Å²) in [6.45, 7) is 9.59. The largest absolute Gasteiger partial charge is 0.444 e. The zero-order valence-corrected chi connectivity index (χ0v) is 14.7. The van der Waals surface area contributed by atoms with Gasteiger partial charge in [-0.05, 0) is 39.5 Å². The van der Waals surface area contributed by atoms with Gasteiger partial charge in [-0.2, -0.15) is 0 Å². The molecule has 0 aromatic rings. The molecule has 1 aliphatic rings. The first kappa shape index (κ1) is 19.3. The molecule has 3 N–H and O–H groups in total. The molecule has 0 aliphatic carbocycles. The molecule has 0 radical (unpaired) electrons. The van der Waals surface area contributed by atoms with E-state index in [1.54, 1.807) is 20.8 Å². The first-order chi connectivity index (χ1) is 10.6. The number of hydrogen-bond donors (Lipinski definition) is 2. The number of alkyl carbamates (subject to hydrolysis) is 1. The summed E-state index contributed by atoms with van der Waals surface area (Å²) in [5.74, 6) is -0.855. The van der Waals surface area contributed by atoms with Gasteiger partial charge in [-0.15, -0.1) is 0 Å². The average molecular weight is 327 g/mol. The quantitative estimate of drug-likeness (QED) is 0.797. The van der Waals surface area contributed by atoms with Crippen LogP contribution in [0.1, 0.15) is 53.9 Å². The maximum atomic E-state index is 12.8. The third-order valence-corrected chi connectivity index (χ3v) is 4.02. The second-order valence-electron chi connectivity index (χ2n) is 7.10. The number of nitrogens with two attached hydrogens (primary N) is 1. The Hall–Kier alpha value is -1.79. The maximum Gasteiger partial charge on any atom is 0.408 e. The van der Waals surface area contributed by atoms with Gasteiger partial charge in [-0.3, -0.25) is 9.59 Å². The molecule has 3 atom stereocenters. The van der Waals surface area contributed by atoms with Crippen LogP contribution in [0.4, 0.5) is 4.79 Å². The highest BCUT2D eigenvalue weighted by Crippen LogP contribution is 2.21. The lowest BCUT2D eigenvalue weighted by atomic mass is 9.97. The van der Waals surface area contributed by atoms with Crippen LogP contribution in [0.3, 0.4) is 0 Å². The molecule has 1 fully saturated rings. The number of nitrogens with one attached hydrogen (secondary N) is 1. The van der Waals surface area contributed by atoms with Crippen LogP contribution in [0.25, 0.3) is 0 Å². The van der Waals surface area contributed by atoms with Gasteiger partial charge in [-0.25, -0.2) is 4.79 Å². The van der Waals surface area contributed by atoms with Gasteiger partial charge < -0.3 is 20.7 Å². The van der Waals surface area contributed by atoms with Crippen molar-refractivity contribution in [2.75, 3.05) is 6.54 Å². The number of carbonyl (C=O) groups is 3. The molecule has 7 heteroatoms. The number of nitrogens with zero attached hydrogens (tertiary/aromatic N) is 1. The molecule has 7 nitrogen and oxygen atoms in total. The smallest absolute Gasteiger partial charge is 0.408 e. The summed E-state index contributed by atoms with van der Waals surface area (Å²) in [4.78, 5) is 37.8. The predicted octanol–water partition coefficient (Wildman–Crippen LogP) is 1.40. The van der Waals surface area contributed by atoms with Crippen molar-refractivity contribution in [1.82, 2.24) is 10.2 Å². The number of rotatable bonds is 5. The molecule has 0 unspecified atom stereocenters. The molecular formula is C16H29N3O4. The first-order valence-corrected chi connectivity index (χ1v) is 8.16. The first-order valence-electron chi connectivity index (χ1n) is 8.16. The number of ether oxygens (including phenoxy) is 1. The van der Waals surface area contributed by atoms with Crippen LogP contribution in [0.5, 0.6) is 0 Å². The van der Waals surface area contributed by atoms with E-state index in [1.165, 1.54) is 4.90 Å². The molecule has 132 valence electrons. The number of hydrogen-bond acceptors (Lipinski definition) is 4. The molecule has 1 saturated heterocycles. The Morgan fingerprint density at radius 3 is 2.43 bits per heavy atom. The summed E-state index contributed by atoms with van der Waals surface area (Å²) in [5.41, 5.74) is 4.73. The van der Waals surface area contributed by atoms with Gasteiger partial charge in [-0.1, -0.05) is 20.3 Å².